The van der Waals surface area contributed by atoms with E-state index in [0.717, 1.165) is 47.8 Å². The first-order chi connectivity index (χ1) is 9.20. The van der Waals surface area contributed by atoms with E-state index in [2.05, 4.69) is 21.5 Å². The summed E-state index contributed by atoms with van der Waals surface area (Å²) in [6.45, 7) is 2.22. The van der Waals surface area contributed by atoms with Gasteiger partial charge in [-0.2, -0.15) is 0 Å². The van der Waals surface area contributed by atoms with Crippen molar-refractivity contribution in [3.63, 3.8) is 0 Å². The van der Waals surface area contributed by atoms with E-state index >= 15 is 0 Å². The molecule has 0 amide bonds. The summed E-state index contributed by atoms with van der Waals surface area (Å²) < 4.78 is 2.26. The summed E-state index contributed by atoms with van der Waals surface area (Å²) in [6.07, 6.45) is 2.24. The molecule has 19 heavy (non-hydrogen) atoms. The lowest BCUT2D eigenvalue weighted by molar-refractivity contribution is 0.222. The van der Waals surface area contributed by atoms with Crippen LogP contribution in [-0.4, -0.2) is 34.6 Å². The largest absolute Gasteiger partial charge is 0.323 e. The van der Waals surface area contributed by atoms with E-state index in [1.54, 1.807) is 0 Å². The molecule has 1 aliphatic heterocycles. The monoisotopic (exact) mass is 297 g/mol. The van der Waals surface area contributed by atoms with E-state index in [1.807, 2.05) is 18.2 Å². The highest BCUT2D eigenvalue weighted by Crippen LogP contribution is 2.32. The third kappa shape index (κ3) is 2.35. The molecule has 1 aromatic heterocycles. The predicted octanol–water partition coefficient (Wildman–Crippen LogP) is 3.70. The van der Waals surface area contributed by atoms with Crippen molar-refractivity contribution < 1.29 is 0 Å². The molecule has 3 rings (SSSR count). The molecule has 0 N–H and O–H groups in total. The Morgan fingerprint density at radius 2 is 2.05 bits per heavy atom. The van der Waals surface area contributed by atoms with Crippen LogP contribution in [0.5, 0.6) is 0 Å². The van der Waals surface area contributed by atoms with E-state index in [1.165, 1.54) is 0 Å². The number of alkyl halides is 1. The highest BCUT2D eigenvalue weighted by molar-refractivity contribution is 6.35. The third-order valence-electron chi connectivity index (χ3n) is 3.91. The van der Waals surface area contributed by atoms with E-state index in [4.69, 9.17) is 23.2 Å². The Kier molecular flexibility index (Phi) is 3.70. The minimum Gasteiger partial charge on any atom is -0.323 e. The van der Waals surface area contributed by atoms with Crippen molar-refractivity contribution in [1.29, 1.82) is 0 Å². The first-order valence-electron chi connectivity index (χ1n) is 6.60. The van der Waals surface area contributed by atoms with Crippen molar-refractivity contribution in [3.8, 4) is 0 Å². The van der Waals surface area contributed by atoms with E-state index in [-0.39, 0.29) is 0 Å². The lowest BCUT2D eigenvalue weighted by Gasteiger charge is -2.31. The van der Waals surface area contributed by atoms with Crippen molar-refractivity contribution in [2.45, 2.75) is 24.8 Å². The maximum Gasteiger partial charge on any atom is 0.125 e. The number of fused-ring (bicyclic) bond motifs is 1. The second-order valence-corrected chi connectivity index (χ2v) is 5.85. The fourth-order valence-corrected chi connectivity index (χ4v) is 3.34. The van der Waals surface area contributed by atoms with Gasteiger partial charge in [0.05, 0.1) is 21.9 Å². The zero-order chi connectivity index (χ0) is 13.4. The molecule has 1 fully saturated rings. The number of hydrogen-bond donors (Lipinski definition) is 0. The Hall–Kier alpha value is -0.770. The zero-order valence-corrected chi connectivity index (χ0v) is 12.5. The molecule has 0 aliphatic carbocycles. The topological polar surface area (TPSA) is 21.1 Å². The van der Waals surface area contributed by atoms with Crippen LogP contribution in [0.3, 0.4) is 0 Å². The van der Waals surface area contributed by atoms with Crippen LogP contribution >= 0.6 is 23.2 Å². The molecule has 1 saturated heterocycles. The van der Waals surface area contributed by atoms with Gasteiger partial charge in [-0.05, 0) is 45.1 Å². The summed E-state index contributed by atoms with van der Waals surface area (Å²) in [5.41, 5.74) is 1.98. The number of piperidine rings is 1. The normalized spacial score (nSPS) is 18.3. The quantitative estimate of drug-likeness (QED) is 0.788. The van der Waals surface area contributed by atoms with Crippen LogP contribution in [0.4, 0.5) is 0 Å². The van der Waals surface area contributed by atoms with Crippen LogP contribution < -0.4 is 0 Å². The lowest BCUT2D eigenvalue weighted by atomic mass is 10.0. The number of imidazole rings is 1. The number of aromatic nitrogens is 2. The molecule has 5 heteroatoms. The molecular formula is C14H17Cl2N3. The van der Waals surface area contributed by atoms with Crippen LogP contribution in [0.15, 0.2) is 18.2 Å². The molecule has 3 nitrogen and oxygen atoms in total. The number of rotatable bonds is 2. The molecule has 0 unspecified atom stereocenters. The molecule has 1 aromatic carbocycles. The average molecular weight is 298 g/mol. The highest BCUT2D eigenvalue weighted by Gasteiger charge is 2.23. The van der Waals surface area contributed by atoms with Gasteiger partial charge in [0.1, 0.15) is 5.82 Å². The summed E-state index contributed by atoms with van der Waals surface area (Å²) >= 11 is 12.4. The molecule has 1 aliphatic rings. The summed E-state index contributed by atoms with van der Waals surface area (Å²) in [6, 6.07) is 6.32. The number of nitrogens with zero attached hydrogens (tertiary/aromatic N) is 3. The van der Waals surface area contributed by atoms with Crippen molar-refractivity contribution in [3.05, 3.63) is 29.0 Å². The van der Waals surface area contributed by atoms with E-state index < -0.39 is 0 Å². The SMILES string of the molecule is CN1CCC(n2c(CCl)nc3cccc(Cl)c32)CC1. The molecule has 0 saturated carbocycles. The molecule has 0 bridgehead atoms. The number of para-hydroxylation sites is 1. The van der Waals surface area contributed by atoms with Crippen LogP contribution in [0.2, 0.25) is 5.02 Å². The van der Waals surface area contributed by atoms with Gasteiger partial charge >= 0.3 is 0 Å². The van der Waals surface area contributed by atoms with Gasteiger partial charge in [-0.1, -0.05) is 17.7 Å². The first-order valence-corrected chi connectivity index (χ1v) is 7.52. The van der Waals surface area contributed by atoms with Crippen molar-refractivity contribution in [2.24, 2.45) is 0 Å². The van der Waals surface area contributed by atoms with E-state index in [0.29, 0.717) is 11.9 Å². The van der Waals surface area contributed by atoms with Gasteiger partial charge in [0, 0.05) is 6.04 Å². The Bertz CT molecular complexity index is 586. The maximum absolute atomic E-state index is 6.37. The summed E-state index contributed by atoms with van der Waals surface area (Å²) in [5.74, 6) is 1.36. The second kappa shape index (κ2) is 5.31. The minimum atomic E-state index is 0.428. The first kappa shape index (κ1) is 13.2. The van der Waals surface area contributed by atoms with Gasteiger partial charge in [0.25, 0.3) is 0 Å². The number of likely N-dealkylation sites (tertiary alicyclic amines) is 1. The molecular weight excluding hydrogens is 281 g/mol. The molecule has 0 spiro atoms. The predicted molar refractivity (Wildman–Crippen MR) is 80.1 cm³/mol. The Morgan fingerprint density at radius 1 is 1.32 bits per heavy atom. The summed E-state index contributed by atoms with van der Waals surface area (Å²) in [4.78, 5) is 6.98. The number of halogens is 2. The van der Waals surface area contributed by atoms with Gasteiger partial charge < -0.3 is 9.47 Å². The Morgan fingerprint density at radius 3 is 2.74 bits per heavy atom. The third-order valence-corrected chi connectivity index (χ3v) is 4.45. The van der Waals surface area contributed by atoms with E-state index in [9.17, 15) is 0 Å². The van der Waals surface area contributed by atoms with Gasteiger partial charge in [0.2, 0.25) is 0 Å². The maximum atomic E-state index is 6.37. The average Bonchev–Trinajstić information content (AvgIpc) is 2.80. The zero-order valence-electron chi connectivity index (χ0n) is 10.9. The number of hydrogen-bond acceptors (Lipinski definition) is 2. The van der Waals surface area contributed by atoms with Crippen molar-refractivity contribution in [1.82, 2.24) is 14.5 Å². The van der Waals surface area contributed by atoms with Gasteiger partial charge in [0.15, 0.2) is 0 Å². The fraction of sp³-hybridized carbons (Fsp3) is 0.500. The van der Waals surface area contributed by atoms with Crippen LogP contribution in [0, 0.1) is 0 Å². The molecule has 2 heterocycles. The fourth-order valence-electron chi connectivity index (χ4n) is 2.90. The Balaban J connectivity index is 2.10. The number of benzene rings is 1. The lowest BCUT2D eigenvalue weighted by Crippen LogP contribution is -2.32. The van der Waals surface area contributed by atoms with Crippen LogP contribution in [0.25, 0.3) is 11.0 Å². The van der Waals surface area contributed by atoms with Gasteiger partial charge in [-0.15, -0.1) is 11.6 Å². The van der Waals surface area contributed by atoms with Crippen LogP contribution in [-0.2, 0) is 5.88 Å². The second-order valence-electron chi connectivity index (χ2n) is 5.17. The molecule has 2 aromatic rings. The highest BCUT2D eigenvalue weighted by atomic mass is 35.5. The van der Waals surface area contributed by atoms with Gasteiger partial charge in [-0.3, -0.25) is 0 Å². The summed E-state index contributed by atoms with van der Waals surface area (Å²) in [5, 5.41) is 0.764. The van der Waals surface area contributed by atoms with Crippen LogP contribution in [0.1, 0.15) is 24.7 Å². The van der Waals surface area contributed by atoms with Crippen molar-refractivity contribution >= 4 is 34.2 Å². The molecule has 0 atom stereocenters. The summed E-state index contributed by atoms with van der Waals surface area (Å²) in [7, 11) is 2.16. The molecule has 102 valence electrons. The van der Waals surface area contributed by atoms with Crippen molar-refractivity contribution in [2.75, 3.05) is 20.1 Å². The molecule has 0 radical (unpaired) electrons. The standard InChI is InChI=1S/C14H17Cl2N3/c1-18-7-5-10(6-8-18)19-13(9-15)17-12-4-2-3-11(16)14(12)19/h2-4,10H,5-9H2,1H3. The van der Waals surface area contributed by atoms with Gasteiger partial charge in [-0.25, -0.2) is 4.98 Å². The minimum absolute atomic E-state index is 0.428. The Labute approximate surface area is 123 Å². The smallest absolute Gasteiger partial charge is 0.125 e.